The Kier molecular flexibility index (Phi) is 11.1. The Balaban J connectivity index is 1.84. The average Bonchev–Trinajstić information content (AvgIpc) is 2.85. The van der Waals surface area contributed by atoms with Gasteiger partial charge in [0.15, 0.2) is 0 Å². The van der Waals surface area contributed by atoms with Crippen molar-refractivity contribution in [1.29, 1.82) is 0 Å². The van der Waals surface area contributed by atoms with Crippen molar-refractivity contribution in [2.24, 2.45) is 5.92 Å². The molecule has 37 heavy (non-hydrogen) atoms. The fourth-order valence-electron chi connectivity index (χ4n) is 4.25. The van der Waals surface area contributed by atoms with Gasteiger partial charge in [-0.3, -0.25) is 9.59 Å². The summed E-state index contributed by atoms with van der Waals surface area (Å²) in [7, 11) is 0. The van der Waals surface area contributed by atoms with E-state index >= 15 is 0 Å². The van der Waals surface area contributed by atoms with Crippen LogP contribution in [0.2, 0.25) is 5.02 Å². The number of carbonyl (C=O) groups is 2. The molecule has 3 aromatic rings. The van der Waals surface area contributed by atoms with Crippen LogP contribution >= 0.6 is 23.4 Å². The maximum Gasteiger partial charge on any atom is 0.243 e. The Morgan fingerprint density at radius 2 is 1.54 bits per heavy atom. The fourth-order valence-corrected chi connectivity index (χ4v) is 5.23. The van der Waals surface area contributed by atoms with Gasteiger partial charge >= 0.3 is 0 Å². The third-order valence-corrected chi connectivity index (χ3v) is 7.24. The van der Waals surface area contributed by atoms with Gasteiger partial charge in [-0.15, -0.1) is 11.8 Å². The Bertz CT molecular complexity index is 1150. The molecule has 1 atom stereocenters. The molecule has 0 saturated heterocycles. The lowest BCUT2D eigenvalue weighted by Crippen LogP contribution is -2.51. The maximum absolute atomic E-state index is 13.7. The molecule has 6 heteroatoms. The second-order valence-electron chi connectivity index (χ2n) is 9.98. The van der Waals surface area contributed by atoms with Crippen molar-refractivity contribution in [3.05, 3.63) is 106 Å². The van der Waals surface area contributed by atoms with E-state index in [9.17, 15) is 9.59 Å². The summed E-state index contributed by atoms with van der Waals surface area (Å²) in [6.45, 7) is 9.20. The van der Waals surface area contributed by atoms with Crippen LogP contribution in [0.15, 0.2) is 72.8 Å². The number of carbonyl (C=O) groups excluding carboxylic acids is 2. The van der Waals surface area contributed by atoms with Crippen LogP contribution in [0.3, 0.4) is 0 Å². The van der Waals surface area contributed by atoms with Crippen molar-refractivity contribution in [3.63, 3.8) is 0 Å². The monoisotopic (exact) mass is 536 g/mol. The van der Waals surface area contributed by atoms with Gasteiger partial charge in [0.1, 0.15) is 6.04 Å². The molecular formula is C31H37ClN2O2S. The number of nitrogens with zero attached hydrogens (tertiary/aromatic N) is 1. The highest BCUT2D eigenvalue weighted by atomic mass is 35.5. The molecule has 0 aliphatic rings. The molecule has 0 radical (unpaired) electrons. The van der Waals surface area contributed by atoms with Gasteiger partial charge in [0, 0.05) is 30.3 Å². The highest BCUT2D eigenvalue weighted by molar-refractivity contribution is 7.99. The standard InChI is InChI=1S/C31H37ClN2O2S/c1-22(2)18-33-31(36)29(17-25-8-6-5-7-9-25)34(19-26-10-12-28(32)13-11-26)30(35)21-37-20-27-15-23(3)14-24(4)16-27/h5-16,22,29H,17-21H2,1-4H3,(H,33,36)/t29-/m0/s1. The summed E-state index contributed by atoms with van der Waals surface area (Å²) in [5.74, 6) is 1.18. The van der Waals surface area contributed by atoms with E-state index < -0.39 is 6.04 Å². The van der Waals surface area contributed by atoms with Gasteiger partial charge in [-0.1, -0.05) is 97.2 Å². The van der Waals surface area contributed by atoms with Crippen molar-refractivity contribution < 1.29 is 9.59 Å². The molecule has 196 valence electrons. The van der Waals surface area contributed by atoms with E-state index in [0.717, 1.165) is 16.9 Å². The van der Waals surface area contributed by atoms with E-state index in [0.29, 0.717) is 36.2 Å². The SMILES string of the molecule is Cc1cc(C)cc(CSCC(=O)N(Cc2ccc(Cl)cc2)[C@@H](Cc2ccccc2)C(=O)NCC(C)C)c1. The summed E-state index contributed by atoms with van der Waals surface area (Å²) in [5, 5.41) is 3.71. The van der Waals surface area contributed by atoms with Gasteiger partial charge in [0.25, 0.3) is 0 Å². The predicted molar refractivity (Wildman–Crippen MR) is 156 cm³/mol. The topological polar surface area (TPSA) is 49.4 Å². The molecule has 3 aromatic carbocycles. The molecule has 0 fully saturated rings. The van der Waals surface area contributed by atoms with Crippen LogP contribution in [0.4, 0.5) is 0 Å². The molecule has 0 aromatic heterocycles. The first kappa shape index (κ1) is 28.8. The molecule has 0 aliphatic carbocycles. The van der Waals surface area contributed by atoms with Crippen molar-refractivity contribution in [2.75, 3.05) is 12.3 Å². The minimum atomic E-state index is -0.619. The largest absolute Gasteiger partial charge is 0.354 e. The van der Waals surface area contributed by atoms with E-state index in [-0.39, 0.29) is 11.8 Å². The molecule has 3 rings (SSSR count). The first-order valence-electron chi connectivity index (χ1n) is 12.7. The van der Waals surface area contributed by atoms with E-state index in [1.54, 1.807) is 16.7 Å². The fraction of sp³-hybridized carbons (Fsp3) is 0.355. The maximum atomic E-state index is 13.7. The van der Waals surface area contributed by atoms with Gasteiger partial charge < -0.3 is 10.2 Å². The number of thioether (sulfide) groups is 1. The van der Waals surface area contributed by atoms with Crippen molar-refractivity contribution >= 4 is 35.2 Å². The Hall–Kier alpha value is -2.76. The lowest BCUT2D eigenvalue weighted by Gasteiger charge is -2.32. The first-order valence-corrected chi connectivity index (χ1v) is 14.2. The average molecular weight is 537 g/mol. The smallest absolute Gasteiger partial charge is 0.243 e. The zero-order chi connectivity index (χ0) is 26.8. The Morgan fingerprint density at radius 1 is 0.892 bits per heavy atom. The lowest BCUT2D eigenvalue weighted by atomic mass is 10.0. The number of benzene rings is 3. The number of nitrogens with one attached hydrogen (secondary N) is 1. The van der Waals surface area contributed by atoms with E-state index in [2.05, 4.69) is 51.2 Å². The molecule has 2 amide bonds. The van der Waals surface area contributed by atoms with Crippen LogP contribution in [-0.2, 0) is 28.3 Å². The van der Waals surface area contributed by atoms with Gasteiger partial charge in [-0.25, -0.2) is 0 Å². The van der Waals surface area contributed by atoms with E-state index in [1.807, 2.05) is 54.6 Å². The molecule has 0 spiro atoms. The lowest BCUT2D eigenvalue weighted by molar-refractivity contribution is -0.139. The molecule has 1 N–H and O–H groups in total. The van der Waals surface area contributed by atoms with Crippen LogP contribution in [0.25, 0.3) is 0 Å². The van der Waals surface area contributed by atoms with Crippen molar-refractivity contribution in [1.82, 2.24) is 10.2 Å². The highest BCUT2D eigenvalue weighted by Crippen LogP contribution is 2.20. The van der Waals surface area contributed by atoms with Gasteiger partial charge in [-0.05, 0) is 48.6 Å². The quantitative estimate of drug-likeness (QED) is 0.283. The van der Waals surface area contributed by atoms with Gasteiger partial charge in [0.05, 0.1) is 5.75 Å². The first-order chi connectivity index (χ1) is 17.7. The zero-order valence-electron chi connectivity index (χ0n) is 22.2. The second kappa shape index (κ2) is 14.3. The number of rotatable bonds is 12. The summed E-state index contributed by atoms with van der Waals surface area (Å²) in [5.41, 5.74) is 5.60. The zero-order valence-corrected chi connectivity index (χ0v) is 23.7. The number of halogens is 1. The number of hydrogen-bond acceptors (Lipinski definition) is 3. The highest BCUT2D eigenvalue weighted by Gasteiger charge is 2.30. The van der Waals surface area contributed by atoms with Gasteiger partial charge in [0.2, 0.25) is 11.8 Å². The third kappa shape index (κ3) is 9.56. The second-order valence-corrected chi connectivity index (χ2v) is 11.4. The molecule has 0 heterocycles. The van der Waals surface area contributed by atoms with Crippen LogP contribution in [0.1, 0.15) is 41.7 Å². The minimum absolute atomic E-state index is 0.0510. The van der Waals surface area contributed by atoms with Crippen LogP contribution < -0.4 is 5.32 Å². The van der Waals surface area contributed by atoms with Gasteiger partial charge in [-0.2, -0.15) is 0 Å². The summed E-state index contributed by atoms with van der Waals surface area (Å²) in [4.78, 5) is 28.9. The van der Waals surface area contributed by atoms with Crippen LogP contribution in [-0.4, -0.2) is 35.1 Å². The normalized spacial score (nSPS) is 11.8. The molecular weight excluding hydrogens is 500 g/mol. The Morgan fingerprint density at radius 3 is 2.16 bits per heavy atom. The summed E-state index contributed by atoms with van der Waals surface area (Å²) < 4.78 is 0. The van der Waals surface area contributed by atoms with Crippen molar-refractivity contribution in [2.45, 2.75) is 52.5 Å². The van der Waals surface area contributed by atoms with Crippen LogP contribution in [0, 0.1) is 19.8 Å². The summed E-state index contributed by atoms with van der Waals surface area (Å²) in [6, 6.07) is 23.2. The predicted octanol–water partition coefficient (Wildman–Crippen LogP) is 6.60. The molecule has 0 saturated carbocycles. The third-order valence-electron chi connectivity index (χ3n) is 6.00. The molecule has 0 bridgehead atoms. The van der Waals surface area contributed by atoms with Crippen LogP contribution in [0.5, 0.6) is 0 Å². The van der Waals surface area contributed by atoms with Crippen molar-refractivity contribution in [3.8, 4) is 0 Å². The number of aryl methyl sites for hydroxylation is 2. The Labute approximate surface area is 230 Å². The number of amides is 2. The van der Waals surface area contributed by atoms with E-state index in [1.165, 1.54) is 16.7 Å². The summed E-state index contributed by atoms with van der Waals surface area (Å²) in [6.07, 6.45) is 0.450. The summed E-state index contributed by atoms with van der Waals surface area (Å²) >= 11 is 7.69. The number of hydrogen-bond donors (Lipinski definition) is 1. The molecule has 0 aliphatic heterocycles. The molecule has 4 nitrogen and oxygen atoms in total. The minimum Gasteiger partial charge on any atom is -0.354 e. The van der Waals surface area contributed by atoms with E-state index in [4.69, 9.17) is 11.6 Å². The molecule has 0 unspecified atom stereocenters.